The number of carbonyl (C=O) groups is 1. The standard InChI is InChI=1S/C14H19ClN2O2/c1-9-3-2-4-10(5-9)7-16-13-6-11(14(18)19)12(15)8-17-13/h6,8-10H,2-5,7H2,1H3,(H,16,17)(H,18,19). The van der Waals surface area contributed by atoms with Gasteiger partial charge in [-0.3, -0.25) is 0 Å². The third kappa shape index (κ3) is 3.83. The summed E-state index contributed by atoms with van der Waals surface area (Å²) in [6.45, 7) is 3.13. The zero-order chi connectivity index (χ0) is 13.8. The highest BCUT2D eigenvalue weighted by Crippen LogP contribution is 2.28. The molecule has 104 valence electrons. The van der Waals surface area contributed by atoms with E-state index in [9.17, 15) is 4.79 Å². The van der Waals surface area contributed by atoms with Crippen molar-refractivity contribution in [2.75, 3.05) is 11.9 Å². The Morgan fingerprint density at radius 3 is 3.05 bits per heavy atom. The third-order valence-corrected chi connectivity index (χ3v) is 4.00. The number of hydrogen-bond acceptors (Lipinski definition) is 3. The molecule has 1 saturated carbocycles. The topological polar surface area (TPSA) is 62.2 Å². The van der Waals surface area contributed by atoms with Gasteiger partial charge in [0, 0.05) is 12.7 Å². The smallest absolute Gasteiger partial charge is 0.337 e. The molecule has 0 bridgehead atoms. The van der Waals surface area contributed by atoms with Crippen LogP contribution >= 0.6 is 11.6 Å². The van der Waals surface area contributed by atoms with Crippen molar-refractivity contribution in [2.45, 2.75) is 32.6 Å². The Morgan fingerprint density at radius 1 is 1.58 bits per heavy atom. The van der Waals surface area contributed by atoms with E-state index in [1.807, 2.05) is 0 Å². The van der Waals surface area contributed by atoms with Crippen LogP contribution in [0.15, 0.2) is 12.3 Å². The molecule has 1 aromatic rings. The molecule has 2 unspecified atom stereocenters. The minimum Gasteiger partial charge on any atom is -0.478 e. The molecular weight excluding hydrogens is 264 g/mol. The average Bonchev–Trinajstić information content (AvgIpc) is 2.37. The normalized spacial score (nSPS) is 23.1. The number of carboxylic acids is 1. The minimum absolute atomic E-state index is 0.0937. The van der Waals surface area contributed by atoms with Crippen molar-refractivity contribution in [3.8, 4) is 0 Å². The summed E-state index contributed by atoms with van der Waals surface area (Å²) in [5.41, 5.74) is 0.0937. The molecule has 2 N–H and O–H groups in total. The number of nitrogens with zero attached hydrogens (tertiary/aromatic N) is 1. The fraction of sp³-hybridized carbons (Fsp3) is 0.571. The molecule has 1 aliphatic rings. The maximum Gasteiger partial charge on any atom is 0.337 e. The Balaban J connectivity index is 1.96. The number of halogens is 1. The molecule has 0 aliphatic heterocycles. The van der Waals surface area contributed by atoms with E-state index in [-0.39, 0.29) is 10.6 Å². The van der Waals surface area contributed by atoms with E-state index in [1.54, 1.807) is 0 Å². The molecule has 2 rings (SSSR count). The summed E-state index contributed by atoms with van der Waals surface area (Å²) in [6.07, 6.45) is 6.45. The van der Waals surface area contributed by atoms with Gasteiger partial charge in [0.1, 0.15) is 5.82 Å². The van der Waals surface area contributed by atoms with E-state index >= 15 is 0 Å². The number of rotatable bonds is 4. The molecule has 1 fully saturated rings. The second-order valence-corrected chi connectivity index (χ2v) is 5.78. The Morgan fingerprint density at radius 2 is 2.37 bits per heavy atom. The van der Waals surface area contributed by atoms with Crippen molar-refractivity contribution in [3.05, 3.63) is 22.8 Å². The lowest BCUT2D eigenvalue weighted by molar-refractivity contribution is 0.0697. The molecule has 4 nitrogen and oxygen atoms in total. The summed E-state index contributed by atoms with van der Waals surface area (Å²) in [5, 5.41) is 12.4. The lowest BCUT2D eigenvalue weighted by atomic mass is 9.82. The molecule has 5 heteroatoms. The molecule has 0 amide bonds. The van der Waals surface area contributed by atoms with Crippen LogP contribution in [0.2, 0.25) is 5.02 Å². The Hall–Kier alpha value is -1.29. The van der Waals surface area contributed by atoms with Crippen molar-refractivity contribution >= 4 is 23.4 Å². The van der Waals surface area contributed by atoms with Crippen molar-refractivity contribution in [3.63, 3.8) is 0 Å². The number of anilines is 1. The first-order valence-electron chi connectivity index (χ1n) is 6.69. The maximum absolute atomic E-state index is 11.0. The molecule has 1 aliphatic carbocycles. The number of aromatic nitrogens is 1. The summed E-state index contributed by atoms with van der Waals surface area (Å²) in [7, 11) is 0. The van der Waals surface area contributed by atoms with Crippen LogP contribution < -0.4 is 5.32 Å². The fourth-order valence-electron chi connectivity index (χ4n) is 2.69. The van der Waals surface area contributed by atoms with Gasteiger partial charge in [-0.15, -0.1) is 0 Å². The van der Waals surface area contributed by atoms with Gasteiger partial charge < -0.3 is 10.4 Å². The highest BCUT2D eigenvalue weighted by atomic mass is 35.5. The maximum atomic E-state index is 11.0. The van der Waals surface area contributed by atoms with E-state index in [0.29, 0.717) is 11.7 Å². The molecule has 1 aromatic heterocycles. The average molecular weight is 283 g/mol. The highest BCUT2D eigenvalue weighted by Gasteiger charge is 2.19. The monoisotopic (exact) mass is 282 g/mol. The largest absolute Gasteiger partial charge is 0.478 e. The first-order valence-corrected chi connectivity index (χ1v) is 7.06. The van der Waals surface area contributed by atoms with Crippen LogP contribution in [0.5, 0.6) is 0 Å². The molecule has 0 saturated heterocycles. The predicted molar refractivity (Wildman–Crippen MR) is 75.8 cm³/mol. The zero-order valence-corrected chi connectivity index (χ0v) is 11.8. The summed E-state index contributed by atoms with van der Waals surface area (Å²) < 4.78 is 0. The van der Waals surface area contributed by atoms with E-state index < -0.39 is 5.97 Å². The highest BCUT2D eigenvalue weighted by molar-refractivity contribution is 6.33. The molecule has 1 heterocycles. The van der Waals surface area contributed by atoms with Gasteiger partial charge >= 0.3 is 5.97 Å². The van der Waals surface area contributed by atoms with E-state index in [2.05, 4.69) is 17.2 Å². The van der Waals surface area contributed by atoms with Crippen molar-refractivity contribution in [1.82, 2.24) is 4.98 Å². The Bertz CT molecular complexity index is 465. The SMILES string of the molecule is CC1CCCC(CNc2cc(C(=O)O)c(Cl)cn2)C1. The lowest BCUT2D eigenvalue weighted by Crippen LogP contribution is -2.21. The first kappa shape index (κ1) is 14.1. The first-order chi connectivity index (χ1) is 9.06. The number of hydrogen-bond donors (Lipinski definition) is 2. The zero-order valence-electron chi connectivity index (χ0n) is 11.0. The van der Waals surface area contributed by atoms with E-state index in [0.717, 1.165) is 12.5 Å². The molecule has 0 radical (unpaired) electrons. The van der Waals surface area contributed by atoms with Crippen molar-refractivity contribution in [1.29, 1.82) is 0 Å². The van der Waals surface area contributed by atoms with E-state index in [4.69, 9.17) is 16.7 Å². The van der Waals surface area contributed by atoms with Gasteiger partial charge in [0.2, 0.25) is 0 Å². The fourth-order valence-corrected chi connectivity index (χ4v) is 2.88. The third-order valence-electron chi connectivity index (χ3n) is 3.70. The number of nitrogens with one attached hydrogen (secondary N) is 1. The number of carboxylic acid groups (broad SMARTS) is 1. The second-order valence-electron chi connectivity index (χ2n) is 5.37. The van der Waals surface area contributed by atoms with Crippen LogP contribution in [0.25, 0.3) is 0 Å². The van der Waals surface area contributed by atoms with E-state index in [1.165, 1.54) is 37.9 Å². The number of pyridine rings is 1. The molecule has 0 spiro atoms. The van der Waals surface area contributed by atoms with Gasteiger partial charge in [-0.1, -0.05) is 31.4 Å². The van der Waals surface area contributed by atoms with Crippen LogP contribution in [0.4, 0.5) is 5.82 Å². The van der Waals surface area contributed by atoms with Crippen LogP contribution in [-0.4, -0.2) is 22.6 Å². The minimum atomic E-state index is -1.03. The van der Waals surface area contributed by atoms with Gasteiger partial charge in [-0.2, -0.15) is 0 Å². The van der Waals surface area contributed by atoms with Crippen LogP contribution in [-0.2, 0) is 0 Å². The predicted octanol–water partition coefficient (Wildman–Crippen LogP) is 3.67. The van der Waals surface area contributed by atoms with Crippen LogP contribution in [0.1, 0.15) is 43.0 Å². The Labute approximate surface area is 118 Å². The molecule has 2 atom stereocenters. The van der Waals surface area contributed by atoms with Gasteiger partial charge in [0.05, 0.1) is 10.6 Å². The summed E-state index contributed by atoms with van der Waals surface area (Å²) >= 11 is 5.79. The summed E-state index contributed by atoms with van der Waals surface area (Å²) in [6, 6.07) is 1.50. The Kier molecular flexibility index (Phi) is 4.64. The summed E-state index contributed by atoms with van der Waals surface area (Å²) in [4.78, 5) is 15.1. The quantitative estimate of drug-likeness (QED) is 0.884. The van der Waals surface area contributed by atoms with Crippen LogP contribution in [0, 0.1) is 11.8 Å². The molecular formula is C14H19ClN2O2. The second kappa shape index (κ2) is 6.24. The molecule has 19 heavy (non-hydrogen) atoms. The summed E-state index contributed by atoms with van der Waals surface area (Å²) in [5.74, 6) is 0.990. The van der Waals surface area contributed by atoms with Gasteiger partial charge in [0.25, 0.3) is 0 Å². The van der Waals surface area contributed by atoms with Gasteiger partial charge in [-0.25, -0.2) is 9.78 Å². The number of aromatic carboxylic acids is 1. The molecule has 0 aromatic carbocycles. The van der Waals surface area contributed by atoms with Gasteiger partial charge in [0.15, 0.2) is 0 Å². The lowest BCUT2D eigenvalue weighted by Gasteiger charge is -2.26. The van der Waals surface area contributed by atoms with Crippen molar-refractivity contribution < 1.29 is 9.90 Å². The van der Waals surface area contributed by atoms with Crippen molar-refractivity contribution in [2.24, 2.45) is 11.8 Å². The van der Waals surface area contributed by atoms with Gasteiger partial charge in [-0.05, 0) is 30.7 Å². The van der Waals surface area contributed by atoms with Crippen LogP contribution in [0.3, 0.4) is 0 Å².